The van der Waals surface area contributed by atoms with Crippen LogP contribution in [0.3, 0.4) is 0 Å². The van der Waals surface area contributed by atoms with Crippen molar-refractivity contribution in [2.45, 2.75) is 31.5 Å². The maximum absolute atomic E-state index is 11.0. The Morgan fingerprint density at radius 2 is 1.75 bits per heavy atom. The Morgan fingerprint density at radius 3 is 2.17 bits per heavy atom. The van der Waals surface area contributed by atoms with Crippen LogP contribution in [0.25, 0.3) is 0 Å². The third kappa shape index (κ3) is 2.19. The first kappa shape index (κ1) is 9.48. The lowest BCUT2D eigenvalue weighted by Gasteiger charge is -2.27. The molecule has 1 rings (SSSR count). The van der Waals surface area contributed by atoms with Crippen LogP contribution in [0.5, 0.6) is 0 Å². The second kappa shape index (κ2) is 3.87. The molecule has 0 bridgehead atoms. The highest BCUT2D eigenvalue weighted by Crippen LogP contribution is 2.25. The maximum Gasteiger partial charge on any atom is 0.308 e. The molecule has 0 spiro atoms. The molecule has 0 aromatic carbocycles. The van der Waals surface area contributed by atoms with E-state index in [1.54, 1.807) is 0 Å². The fourth-order valence-electron chi connectivity index (χ4n) is 1.62. The molecule has 0 aromatic rings. The Morgan fingerprint density at radius 1 is 1.25 bits per heavy atom. The zero-order valence-corrected chi connectivity index (χ0v) is 7.06. The molecule has 70 valence electrons. The van der Waals surface area contributed by atoms with Gasteiger partial charge in [0.15, 0.2) is 0 Å². The number of hydrogen-bond acceptors (Lipinski definition) is 4. The summed E-state index contributed by atoms with van der Waals surface area (Å²) in [5.41, 5.74) is 0. The molecule has 0 aliphatic heterocycles. The van der Waals surface area contributed by atoms with Gasteiger partial charge in [0.25, 0.3) is 0 Å². The lowest BCUT2D eigenvalue weighted by Crippen LogP contribution is -2.34. The van der Waals surface area contributed by atoms with E-state index in [2.05, 4.69) is 4.74 Å². The van der Waals surface area contributed by atoms with Gasteiger partial charge in [0.2, 0.25) is 0 Å². The zero-order chi connectivity index (χ0) is 9.14. The highest BCUT2D eigenvalue weighted by atomic mass is 16.5. The first-order chi connectivity index (χ1) is 5.63. The minimum absolute atomic E-state index is 0.339. The van der Waals surface area contributed by atoms with E-state index in [0.29, 0.717) is 19.3 Å². The van der Waals surface area contributed by atoms with Gasteiger partial charge in [-0.15, -0.1) is 0 Å². The minimum Gasteiger partial charge on any atom is -0.469 e. The van der Waals surface area contributed by atoms with Gasteiger partial charge < -0.3 is 14.9 Å². The molecule has 0 radical (unpaired) electrons. The number of methoxy groups -OCH3 is 1. The van der Waals surface area contributed by atoms with E-state index in [1.807, 2.05) is 0 Å². The topological polar surface area (TPSA) is 66.8 Å². The summed E-state index contributed by atoms with van der Waals surface area (Å²) in [5, 5.41) is 18.5. The second-order valence-corrected chi connectivity index (χ2v) is 3.23. The van der Waals surface area contributed by atoms with Crippen molar-refractivity contribution in [3.8, 4) is 0 Å². The molecule has 2 N–H and O–H groups in total. The van der Waals surface area contributed by atoms with Gasteiger partial charge in [-0.05, 0) is 19.3 Å². The van der Waals surface area contributed by atoms with Crippen LogP contribution in [0.15, 0.2) is 0 Å². The average Bonchev–Trinajstić information content (AvgIpc) is 2.01. The number of rotatable bonds is 1. The number of carbonyl (C=O) groups is 1. The monoisotopic (exact) mass is 174 g/mol. The summed E-state index contributed by atoms with van der Waals surface area (Å²) in [6, 6.07) is 0. The Balaban J connectivity index is 2.49. The van der Waals surface area contributed by atoms with Crippen molar-refractivity contribution in [3.63, 3.8) is 0 Å². The zero-order valence-electron chi connectivity index (χ0n) is 7.06. The van der Waals surface area contributed by atoms with Crippen LogP contribution >= 0.6 is 0 Å². The summed E-state index contributed by atoms with van der Waals surface area (Å²) < 4.78 is 4.53. The third-order valence-corrected chi connectivity index (χ3v) is 2.19. The fourth-order valence-corrected chi connectivity index (χ4v) is 1.62. The minimum atomic E-state index is -0.571. The van der Waals surface area contributed by atoms with E-state index < -0.39 is 12.2 Å². The van der Waals surface area contributed by atoms with E-state index in [4.69, 9.17) is 0 Å². The largest absolute Gasteiger partial charge is 0.469 e. The van der Waals surface area contributed by atoms with Crippen molar-refractivity contribution < 1.29 is 19.7 Å². The summed E-state index contributed by atoms with van der Waals surface area (Å²) >= 11 is 0. The highest BCUT2D eigenvalue weighted by Gasteiger charge is 2.31. The summed E-state index contributed by atoms with van der Waals surface area (Å²) in [4.78, 5) is 11.0. The molecule has 4 nitrogen and oxygen atoms in total. The van der Waals surface area contributed by atoms with Crippen molar-refractivity contribution in [1.29, 1.82) is 0 Å². The number of esters is 1. The Hall–Kier alpha value is -0.610. The molecule has 0 saturated heterocycles. The van der Waals surface area contributed by atoms with Gasteiger partial charge in [0, 0.05) is 0 Å². The Labute approximate surface area is 71.2 Å². The third-order valence-electron chi connectivity index (χ3n) is 2.19. The van der Waals surface area contributed by atoms with Crippen LogP contribution < -0.4 is 0 Å². The molecule has 12 heavy (non-hydrogen) atoms. The lowest BCUT2D eigenvalue weighted by atomic mass is 9.85. The predicted octanol–water partition coefficient (Wildman–Crippen LogP) is -0.319. The molecule has 2 unspecified atom stereocenters. The molecule has 0 aromatic heterocycles. The van der Waals surface area contributed by atoms with Crippen molar-refractivity contribution in [2.75, 3.05) is 7.11 Å². The maximum atomic E-state index is 11.0. The van der Waals surface area contributed by atoms with Crippen LogP contribution in [0.2, 0.25) is 0 Å². The Bertz CT molecular complexity index is 158. The van der Waals surface area contributed by atoms with Crippen molar-refractivity contribution >= 4 is 5.97 Å². The molecule has 0 heterocycles. The van der Waals surface area contributed by atoms with Crippen LogP contribution in [0.4, 0.5) is 0 Å². The first-order valence-electron chi connectivity index (χ1n) is 4.07. The average molecular weight is 174 g/mol. The first-order valence-corrected chi connectivity index (χ1v) is 4.07. The van der Waals surface area contributed by atoms with Crippen LogP contribution in [0.1, 0.15) is 19.3 Å². The van der Waals surface area contributed by atoms with Gasteiger partial charge in [-0.25, -0.2) is 0 Å². The number of carbonyl (C=O) groups excluding carboxylic acids is 1. The Kier molecular flexibility index (Phi) is 3.05. The number of aliphatic hydroxyl groups excluding tert-OH is 2. The van der Waals surface area contributed by atoms with Crippen molar-refractivity contribution in [3.05, 3.63) is 0 Å². The highest BCUT2D eigenvalue weighted by molar-refractivity contribution is 5.72. The summed E-state index contributed by atoms with van der Waals surface area (Å²) in [6.45, 7) is 0. The van der Waals surface area contributed by atoms with E-state index in [-0.39, 0.29) is 11.9 Å². The molecular weight excluding hydrogens is 160 g/mol. The standard InChI is InChI=1S/C8H14O4/c1-12-8(11)5-2-6(9)4-7(10)3-5/h5-7,9-10H,2-4H2,1H3. The molecule has 1 aliphatic carbocycles. The molecule has 2 atom stereocenters. The van der Waals surface area contributed by atoms with E-state index in [0.717, 1.165) is 0 Å². The number of ether oxygens (including phenoxy) is 1. The van der Waals surface area contributed by atoms with E-state index in [9.17, 15) is 15.0 Å². The van der Waals surface area contributed by atoms with Gasteiger partial charge in [0.05, 0.1) is 25.2 Å². The predicted molar refractivity (Wildman–Crippen MR) is 41.4 cm³/mol. The number of aliphatic hydroxyl groups is 2. The molecule has 1 fully saturated rings. The van der Waals surface area contributed by atoms with Crippen molar-refractivity contribution in [1.82, 2.24) is 0 Å². The van der Waals surface area contributed by atoms with Gasteiger partial charge in [-0.2, -0.15) is 0 Å². The van der Waals surface area contributed by atoms with Gasteiger partial charge in [-0.3, -0.25) is 4.79 Å². The molecular formula is C8H14O4. The normalized spacial score (nSPS) is 36.1. The van der Waals surface area contributed by atoms with Crippen LogP contribution in [-0.2, 0) is 9.53 Å². The van der Waals surface area contributed by atoms with E-state index >= 15 is 0 Å². The number of hydrogen-bond donors (Lipinski definition) is 2. The molecule has 1 aliphatic rings. The molecule has 4 heteroatoms. The van der Waals surface area contributed by atoms with Gasteiger partial charge >= 0.3 is 5.97 Å². The second-order valence-electron chi connectivity index (χ2n) is 3.23. The van der Waals surface area contributed by atoms with Crippen molar-refractivity contribution in [2.24, 2.45) is 5.92 Å². The van der Waals surface area contributed by atoms with Gasteiger partial charge in [0.1, 0.15) is 0 Å². The fraction of sp³-hybridized carbons (Fsp3) is 0.875. The lowest BCUT2D eigenvalue weighted by molar-refractivity contribution is -0.150. The van der Waals surface area contributed by atoms with Crippen LogP contribution in [0, 0.1) is 5.92 Å². The molecule has 0 amide bonds. The summed E-state index contributed by atoms with van der Waals surface area (Å²) in [6.07, 6.45) is 0.0386. The molecule has 1 saturated carbocycles. The summed E-state index contributed by atoms with van der Waals surface area (Å²) in [5.74, 6) is -0.679. The van der Waals surface area contributed by atoms with Gasteiger partial charge in [-0.1, -0.05) is 0 Å². The summed E-state index contributed by atoms with van der Waals surface area (Å²) in [7, 11) is 1.32. The van der Waals surface area contributed by atoms with E-state index in [1.165, 1.54) is 7.11 Å². The van der Waals surface area contributed by atoms with Crippen LogP contribution in [-0.4, -0.2) is 35.5 Å². The quantitative estimate of drug-likeness (QED) is 0.535. The smallest absolute Gasteiger partial charge is 0.308 e. The SMILES string of the molecule is COC(=O)C1CC(O)CC(O)C1.